The van der Waals surface area contributed by atoms with Crippen molar-refractivity contribution in [3.05, 3.63) is 89.6 Å². The fraction of sp³-hybridized carbons (Fsp3) is 0.207. The van der Waals surface area contributed by atoms with E-state index in [2.05, 4.69) is 10.3 Å². The summed E-state index contributed by atoms with van der Waals surface area (Å²) in [6, 6.07) is 15.8. The summed E-state index contributed by atoms with van der Waals surface area (Å²) in [5.41, 5.74) is 0.262. The van der Waals surface area contributed by atoms with Gasteiger partial charge >= 0.3 is 12.1 Å². The highest BCUT2D eigenvalue weighted by atomic mass is 32.2. The van der Waals surface area contributed by atoms with Crippen LogP contribution in [0.5, 0.6) is 5.75 Å². The molecule has 12 heteroatoms. The van der Waals surface area contributed by atoms with Crippen LogP contribution in [0.25, 0.3) is 22.0 Å². The lowest BCUT2D eigenvalue weighted by Crippen LogP contribution is -2.43. The molecule has 41 heavy (non-hydrogen) atoms. The van der Waals surface area contributed by atoms with Crippen molar-refractivity contribution in [3.63, 3.8) is 0 Å². The number of carbonyl (C=O) groups excluding carboxylic acids is 2. The Balaban J connectivity index is 1.71. The Morgan fingerprint density at radius 1 is 0.951 bits per heavy atom. The molecule has 1 heterocycles. The lowest BCUT2D eigenvalue weighted by Gasteiger charge is -2.17. The molecule has 0 saturated heterocycles. The summed E-state index contributed by atoms with van der Waals surface area (Å²) in [6.07, 6.45) is -3.53. The number of methoxy groups -OCH3 is 2. The van der Waals surface area contributed by atoms with E-state index in [0.29, 0.717) is 16.9 Å². The Hall–Kier alpha value is -4.45. The van der Waals surface area contributed by atoms with E-state index in [-0.39, 0.29) is 33.5 Å². The van der Waals surface area contributed by atoms with E-state index in [1.54, 1.807) is 24.3 Å². The van der Waals surface area contributed by atoms with Crippen LogP contribution < -0.4 is 10.1 Å². The Morgan fingerprint density at radius 3 is 2.24 bits per heavy atom. The summed E-state index contributed by atoms with van der Waals surface area (Å²) in [6.45, 7) is 0. The van der Waals surface area contributed by atoms with Crippen molar-refractivity contribution in [2.75, 3.05) is 20.5 Å². The number of pyridine rings is 1. The van der Waals surface area contributed by atoms with Crippen molar-refractivity contribution >= 4 is 32.6 Å². The smallest absolute Gasteiger partial charge is 0.416 e. The van der Waals surface area contributed by atoms with Gasteiger partial charge in [-0.3, -0.25) is 4.79 Å². The topological polar surface area (TPSA) is 112 Å². The molecular weight excluding hydrogens is 561 g/mol. The van der Waals surface area contributed by atoms with Crippen LogP contribution in [-0.2, 0) is 32.0 Å². The molecule has 0 aliphatic rings. The number of fused-ring (bicyclic) bond motifs is 1. The van der Waals surface area contributed by atoms with E-state index < -0.39 is 39.5 Å². The monoisotopic (exact) mass is 586 g/mol. The van der Waals surface area contributed by atoms with Gasteiger partial charge in [-0.15, -0.1) is 0 Å². The maximum Gasteiger partial charge on any atom is 0.416 e. The molecule has 0 bridgehead atoms. The number of ether oxygens (including phenoxy) is 2. The van der Waals surface area contributed by atoms with Crippen molar-refractivity contribution in [1.29, 1.82) is 0 Å². The molecule has 8 nitrogen and oxygen atoms in total. The molecule has 0 radical (unpaired) electrons. The van der Waals surface area contributed by atoms with Gasteiger partial charge in [-0.05, 0) is 59.2 Å². The number of esters is 1. The summed E-state index contributed by atoms with van der Waals surface area (Å²) < 4.78 is 75.1. The standard InChI is InChI=1S/C29H25F3N2O6S/c1-39-21-10-7-17(8-11-21)13-25(28(36)40-2)34-27(35)24-16-26(41(3,37)38)22-15-19(9-12-23(22)33-24)18-5-4-6-20(14-18)29(30,31)32/h4-12,14-16,25H,13H2,1-3H3,(H,34,35)/t25-/m0/s1. The number of alkyl halides is 3. The average molecular weight is 587 g/mol. The summed E-state index contributed by atoms with van der Waals surface area (Å²) >= 11 is 0. The number of amides is 1. The highest BCUT2D eigenvalue weighted by Crippen LogP contribution is 2.34. The first-order valence-electron chi connectivity index (χ1n) is 12.1. The quantitative estimate of drug-likeness (QED) is 0.294. The maximum atomic E-state index is 13.2. The molecule has 0 saturated carbocycles. The molecule has 0 aliphatic heterocycles. The first-order chi connectivity index (χ1) is 19.3. The van der Waals surface area contributed by atoms with Gasteiger partial charge in [0.2, 0.25) is 0 Å². The van der Waals surface area contributed by atoms with Gasteiger partial charge in [-0.2, -0.15) is 13.2 Å². The number of halogens is 3. The third-order valence-electron chi connectivity index (χ3n) is 6.32. The third kappa shape index (κ3) is 6.83. The molecule has 1 N–H and O–H groups in total. The fourth-order valence-corrected chi connectivity index (χ4v) is 5.13. The molecule has 1 atom stereocenters. The lowest BCUT2D eigenvalue weighted by atomic mass is 10.0. The minimum atomic E-state index is -4.55. The van der Waals surface area contributed by atoms with E-state index in [0.717, 1.165) is 24.5 Å². The average Bonchev–Trinajstić information content (AvgIpc) is 2.94. The van der Waals surface area contributed by atoms with Crippen LogP contribution in [0.15, 0.2) is 77.7 Å². The molecule has 0 spiro atoms. The number of carbonyl (C=O) groups is 2. The zero-order valence-corrected chi connectivity index (χ0v) is 23.0. The molecule has 0 fully saturated rings. The number of hydrogen-bond acceptors (Lipinski definition) is 7. The Labute approximate surface area is 234 Å². The second-order valence-corrected chi connectivity index (χ2v) is 11.2. The van der Waals surface area contributed by atoms with Crippen molar-refractivity contribution in [1.82, 2.24) is 10.3 Å². The molecule has 1 aromatic heterocycles. The molecule has 1 amide bonds. The van der Waals surface area contributed by atoms with Gasteiger partial charge in [0, 0.05) is 18.1 Å². The SMILES string of the molecule is COC(=O)[C@H](Cc1ccc(OC)cc1)NC(=O)c1cc(S(C)(=O)=O)c2cc(-c3cccc(C(F)(F)F)c3)ccc2n1. The second-order valence-electron chi connectivity index (χ2n) is 9.19. The molecule has 4 rings (SSSR count). The molecule has 0 aliphatic carbocycles. The van der Waals surface area contributed by atoms with Gasteiger partial charge in [0.1, 0.15) is 17.5 Å². The van der Waals surface area contributed by atoms with Crippen LogP contribution in [0, 0.1) is 0 Å². The number of nitrogens with one attached hydrogen (secondary N) is 1. The summed E-state index contributed by atoms with van der Waals surface area (Å²) in [4.78, 5) is 29.7. The van der Waals surface area contributed by atoms with Crippen LogP contribution in [0.3, 0.4) is 0 Å². The molecule has 4 aromatic rings. The largest absolute Gasteiger partial charge is 0.497 e. The van der Waals surface area contributed by atoms with Gasteiger partial charge in [0.25, 0.3) is 5.91 Å². The highest BCUT2D eigenvalue weighted by Gasteiger charge is 2.30. The van der Waals surface area contributed by atoms with Crippen LogP contribution in [0.2, 0.25) is 0 Å². The third-order valence-corrected chi connectivity index (χ3v) is 7.45. The Morgan fingerprint density at radius 2 is 1.63 bits per heavy atom. The van der Waals surface area contributed by atoms with Crippen LogP contribution in [0.1, 0.15) is 21.6 Å². The van der Waals surface area contributed by atoms with E-state index in [1.165, 1.54) is 44.6 Å². The van der Waals surface area contributed by atoms with Crippen LogP contribution in [-0.4, -0.2) is 51.8 Å². The summed E-state index contributed by atoms with van der Waals surface area (Å²) in [5, 5.41) is 2.68. The zero-order chi connectivity index (χ0) is 29.9. The lowest BCUT2D eigenvalue weighted by molar-refractivity contribution is -0.143. The molecule has 0 unspecified atom stereocenters. The van der Waals surface area contributed by atoms with E-state index >= 15 is 0 Å². The van der Waals surface area contributed by atoms with Crippen LogP contribution >= 0.6 is 0 Å². The molecule has 3 aromatic carbocycles. The zero-order valence-electron chi connectivity index (χ0n) is 22.2. The highest BCUT2D eigenvalue weighted by molar-refractivity contribution is 7.91. The molecule has 214 valence electrons. The number of hydrogen-bond donors (Lipinski definition) is 1. The van der Waals surface area contributed by atoms with Crippen molar-refractivity contribution in [2.24, 2.45) is 0 Å². The summed E-state index contributed by atoms with van der Waals surface area (Å²) in [7, 11) is -1.24. The number of benzene rings is 3. The fourth-order valence-electron chi connectivity index (χ4n) is 4.24. The predicted octanol–water partition coefficient (Wildman–Crippen LogP) is 4.85. The van der Waals surface area contributed by atoms with Crippen molar-refractivity contribution in [2.45, 2.75) is 23.5 Å². The first kappa shape index (κ1) is 29.5. The van der Waals surface area contributed by atoms with Gasteiger partial charge in [0.05, 0.1) is 30.2 Å². The van der Waals surface area contributed by atoms with Gasteiger partial charge in [-0.1, -0.05) is 30.3 Å². The van der Waals surface area contributed by atoms with E-state index in [1.807, 2.05) is 0 Å². The number of rotatable bonds is 8. The normalized spacial score (nSPS) is 12.5. The van der Waals surface area contributed by atoms with Crippen molar-refractivity contribution in [3.8, 4) is 16.9 Å². The maximum absolute atomic E-state index is 13.2. The Bertz CT molecular complexity index is 1720. The van der Waals surface area contributed by atoms with Gasteiger partial charge in [0.15, 0.2) is 9.84 Å². The minimum absolute atomic E-state index is 0.0786. The predicted molar refractivity (Wildman–Crippen MR) is 145 cm³/mol. The molecular formula is C29H25F3N2O6S. The Kier molecular flexibility index (Phi) is 8.34. The van der Waals surface area contributed by atoms with E-state index in [4.69, 9.17) is 9.47 Å². The number of aromatic nitrogens is 1. The number of nitrogens with zero attached hydrogens (tertiary/aromatic N) is 1. The summed E-state index contributed by atoms with van der Waals surface area (Å²) in [5.74, 6) is -0.927. The number of sulfone groups is 1. The van der Waals surface area contributed by atoms with Crippen LogP contribution in [0.4, 0.5) is 13.2 Å². The van der Waals surface area contributed by atoms with Crippen molar-refractivity contribution < 1.29 is 40.7 Å². The second kappa shape index (κ2) is 11.6. The first-order valence-corrected chi connectivity index (χ1v) is 14.0. The van der Waals surface area contributed by atoms with Gasteiger partial charge < -0.3 is 14.8 Å². The van der Waals surface area contributed by atoms with Gasteiger partial charge in [-0.25, -0.2) is 18.2 Å². The van der Waals surface area contributed by atoms with E-state index in [9.17, 15) is 31.2 Å². The minimum Gasteiger partial charge on any atom is -0.497 e.